The van der Waals surface area contributed by atoms with Crippen LogP contribution in [0.4, 0.5) is 11.4 Å². The smallest absolute Gasteiger partial charge is 0.300 e. The first-order valence-electron chi connectivity index (χ1n) is 13.0. The number of aliphatic hydroxyl groups excluding tert-OH is 1. The number of rotatable bonds is 10. The van der Waals surface area contributed by atoms with Crippen molar-refractivity contribution in [2.45, 2.75) is 33.2 Å². The molecule has 7 heteroatoms. The van der Waals surface area contributed by atoms with Crippen LogP contribution in [0.1, 0.15) is 44.4 Å². The fourth-order valence-electron chi connectivity index (χ4n) is 4.77. The first-order valence-corrected chi connectivity index (χ1v) is 13.0. The number of nitrogens with zero attached hydrogens (tertiary/aromatic N) is 2. The second kappa shape index (κ2) is 11.9. The van der Waals surface area contributed by atoms with Crippen LogP contribution < -0.4 is 19.3 Å². The van der Waals surface area contributed by atoms with Crippen molar-refractivity contribution in [3.63, 3.8) is 0 Å². The molecule has 3 aromatic rings. The van der Waals surface area contributed by atoms with Gasteiger partial charge in [-0.05, 0) is 74.4 Å². The number of hydrogen-bond donors (Lipinski definition) is 1. The van der Waals surface area contributed by atoms with E-state index in [0.29, 0.717) is 34.9 Å². The summed E-state index contributed by atoms with van der Waals surface area (Å²) in [6.07, 6.45) is 0.876. The number of benzene rings is 3. The normalized spacial score (nSPS) is 16.5. The molecule has 1 N–H and O–H groups in total. The van der Waals surface area contributed by atoms with Crippen LogP contribution in [0.2, 0.25) is 0 Å². The number of carbonyl (C=O) groups is 2. The molecule has 1 fully saturated rings. The SMILES string of the molecule is CCCOc1ccc(/C(O)=C2/C(=O)C(=O)N(c3ccccc3OC)C2c2ccc(N(CC)CC)cc2)cc1. The monoisotopic (exact) mass is 514 g/mol. The van der Waals surface area contributed by atoms with E-state index in [1.165, 1.54) is 12.0 Å². The van der Waals surface area contributed by atoms with Gasteiger partial charge in [-0.3, -0.25) is 14.5 Å². The van der Waals surface area contributed by atoms with Gasteiger partial charge in [0.2, 0.25) is 0 Å². The molecular weight excluding hydrogens is 480 g/mol. The van der Waals surface area contributed by atoms with Crippen LogP contribution in [0.25, 0.3) is 5.76 Å². The number of methoxy groups -OCH3 is 1. The fourth-order valence-corrected chi connectivity index (χ4v) is 4.77. The summed E-state index contributed by atoms with van der Waals surface area (Å²) >= 11 is 0. The van der Waals surface area contributed by atoms with Gasteiger partial charge in [-0.25, -0.2) is 0 Å². The van der Waals surface area contributed by atoms with Gasteiger partial charge in [0.1, 0.15) is 17.3 Å². The van der Waals surface area contributed by atoms with Gasteiger partial charge in [0.15, 0.2) is 0 Å². The Bertz CT molecular complexity index is 1310. The molecule has 1 amide bonds. The summed E-state index contributed by atoms with van der Waals surface area (Å²) in [7, 11) is 1.52. The van der Waals surface area contributed by atoms with Gasteiger partial charge in [0.05, 0.1) is 31.0 Å². The topological polar surface area (TPSA) is 79.3 Å². The summed E-state index contributed by atoms with van der Waals surface area (Å²) in [6.45, 7) is 8.49. The molecular formula is C31H34N2O5. The highest BCUT2D eigenvalue weighted by Gasteiger charge is 2.47. The highest BCUT2D eigenvalue weighted by molar-refractivity contribution is 6.51. The molecule has 1 aliphatic rings. The maximum absolute atomic E-state index is 13.5. The van der Waals surface area contributed by atoms with Gasteiger partial charge >= 0.3 is 0 Å². The van der Waals surface area contributed by atoms with Crippen molar-refractivity contribution in [3.05, 3.63) is 89.5 Å². The first-order chi connectivity index (χ1) is 18.4. The Balaban J connectivity index is 1.86. The number of amides is 1. The molecule has 0 spiro atoms. The van der Waals surface area contributed by atoms with Crippen LogP contribution in [0.3, 0.4) is 0 Å². The van der Waals surface area contributed by atoms with Crippen LogP contribution in [0, 0.1) is 0 Å². The molecule has 0 radical (unpaired) electrons. The van der Waals surface area contributed by atoms with E-state index in [9.17, 15) is 14.7 Å². The zero-order valence-electron chi connectivity index (χ0n) is 22.3. The summed E-state index contributed by atoms with van der Waals surface area (Å²) in [4.78, 5) is 30.6. The highest BCUT2D eigenvalue weighted by Crippen LogP contribution is 2.45. The van der Waals surface area contributed by atoms with Crippen LogP contribution >= 0.6 is 0 Å². The number of aliphatic hydroxyl groups is 1. The quantitative estimate of drug-likeness (QED) is 0.204. The van der Waals surface area contributed by atoms with E-state index in [4.69, 9.17) is 9.47 Å². The van der Waals surface area contributed by atoms with Gasteiger partial charge < -0.3 is 19.5 Å². The summed E-state index contributed by atoms with van der Waals surface area (Å²) < 4.78 is 11.2. The second-order valence-electron chi connectivity index (χ2n) is 8.98. The number of hydrogen-bond acceptors (Lipinski definition) is 6. The lowest BCUT2D eigenvalue weighted by Gasteiger charge is -2.27. The van der Waals surface area contributed by atoms with Crippen molar-refractivity contribution in [3.8, 4) is 11.5 Å². The predicted molar refractivity (Wildman–Crippen MR) is 150 cm³/mol. The Morgan fingerprint density at radius 2 is 1.58 bits per heavy atom. The molecule has 1 saturated heterocycles. The first kappa shape index (κ1) is 26.8. The Morgan fingerprint density at radius 1 is 0.921 bits per heavy atom. The number of ether oxygens (including phenoxy) is 2. The molecule has 0 saturated carbocycles. The molecule has 1 unspecified atom stereocenters. The summed E-state index contributed by atoms with van der Waals surface area (Å²) in [5.41, 5.74) is 2.65. The lowest BCUT2D eigenvalue weighted by atomic mass is 9.94. The van der Waals surface area contributed by atoms with Crippen LogP contribution in [-0.2, 0) is 9.59 Å². The Morgan fingerprint density at radius 3 is 2.18 bits per heavy atom. The molecule has 198 valence electrons. The molecule has 0 bridgehead atoms. The molecule has 0 aromatic heterocycles. The summed E-state index contributed by atoms with van der Waals surface area (Å²) in [5, 5.41) is 11.4. The van der Waals surface area contributed by atoms with E-state index in [2.05, 4.69) is 18.7 Å². The maximum atomic E-state index is 13.5. The Hall–Kier alpha value is -4.26. The second-order valence-corrected chi connectivity index (χ2v) is 8.98. The number of para-hydroxylation sites is 2. The van der Waals surface area contributed by atoms with E-state index in [1.54, 1.807) is 48.5 Å². The van der Waals surface area contributed by atoms with Crippen LogP contribution in [0.5, 0.6) is 11.5 Å². The van der Waals surface area contributed by atoms with Crippen molar-refractivity contribution < 1.29 is 24.2 Å². The zero-order valence-corrected chi connectivity index (χ0v) is 22.3. The Kier molecular flexibility index (Phi) is 8.36. The minimum absolute atomic E-state index is 0.0266. The van der Waals surface area contributed by atoms with E-state index in [1.807, 2.05) is 31.2 Å². The number of anilines is 2. The number of carbonyl (C=O) groups excluding carboxylic acids is 2. The molecule has 1 heterocycles. The zero-order chi connectivity index (χ0) is 27.2. The van der Waals surface area contributed by atoms with Gasteiger partial charge in [-0.15, -0.1) is 0 Å². The average Bonchev–Trinajstić information content (AvgIpc) is 3.22. The van der Waals surface area contributed by atoms with E-state index in [0.717, 1.165) is 25.2 Å². The lowest BCUT2D eigenvalue weighted by Crippen LogP contribution is -2.30. The molecule has 1 aliphatic heterocycles. The minimum Gasteiger partial charge on any atom is -0.507 e. The summed E-state index contributed by atoms with van der Waals surface area (Å²) in [6, 6.07) is 20.9. The third-order valence-electron chi connectivity index (χ3n) is 6.73. The average molecular weight is 515 g/mol. The van der Waals surface area contributed by atoms with Gasteiger partial charge in [0.25, 0.3) is 11.7 Å². The number of ketones is 1. The summed E-state index contributed by atoms with van der Waals surface area (Å²) in [5.74, 6) is -0.590. The largest absolute Gasteiger partial charge is 0.507 e. The van der Waals surface area contributed by atoms with Gasteiger partial charge in [-0.2, -0.15) is 0 Å². The lowest BCUT2D eigenvalue weighted by molar-refractivity contribution is -0.132. The van der Waals surface area contributed by atoms with Crippen LogP contribution in [0.15, 0.2) is 78.4 Å². The molecule has 0 aliphatic carbocycles. The van der Waals surface area contributed by atoms with E-state index in [-0.39, 0.29) is 11.3 Å². The number of Topliss-reactive ketones (excluding diaryl/α,β-unsaturated/α-hetero) is 1. The molecule has 3 aromatic carbocycles. The predicted octanol–water partition coefficient (Wildman–Crippen LogP) is 5.96. The van der Waals surface area contributed by atoms with Gasteiger partial charge in [0, 0.05) is 24.3 Å². The van der Waals surface area contributed by atoms with Gasteiger partial charge in [-0.1, -0.05) is 31.2 Å². The molecule has 7 nitrogen and oxygen atoms in total. The van der Waals surface area contributed by atoms with Crippen molar-refractivity contribution in [2.24, 2.45) is 0 Å². The molecule has 1 atom stereocenters. The molecule has 4 rings (SSSR count). The maximum Gasteiger partial charge on any atom is 0.300 e. The van der Waals surface area contributed by atoms with E-state index < -0.39 is 17.7 Å². The van der Waals surface area contributed by atoms with E-state index >= 15 is 0 Å². The van der Waals surface area contributed by atoms with Crippen molar-refractivity contribution >= 4 is 28.8 Å². The fraction of sp³-hybridized carbons (Fsp3) is 0.290. The van der Waals surface area contributed by atoms with Crippen molar-refractivity contribution in [1.29, 1.82) is 0 Å². The third kappa shape index (κ3) is 5.09. The Labute approximate surface area is 223 Å². The minimum atomic E-state index is -0.840. The third-order valence-corrected chi connectivity index (χ3v) is 6.73. The molecule has 38 heavy (non-hydrogen) atoms. The standard InChI is InChI=1S/C31H34N2O5/c1-5-20-38-24-18-14-22(15-19-24)29(34)27-28(21-12-16-23(17-13-21)32(6-2)7-3)33(31(36)30(27)35)25-10-8-9-11-26(25)37-4/h8-19,28,34H,5-7,20H2,1-4H3/b29-27-. The van der Waals surface area contributed by atoms with Crippen molar-refractivity contribution in [1.82, 2.24) is 0 Å². The van der Waals surface area contributed by atoms with Crippen LogP contribution in [-0.4, -0.2) is 43.6 Å². The van der Waals surface area contributed by atoms with Crippen molar-refractivity contribution in [2.75, 3.05) is 36.6 Å². The highest BCUT2D eigenvalue weighted by atomic mass is 16.5.